The van der Waals surface area contributed by atoms with Gasteiger partial charge in [0.2, 0.25) is 0 Å². The second-order valence-corrected chi connectivity index (χ2v) is 5.38. The van der Waals surface area contributed by atoms with Gasteiger partial charge in [0.05, 0.1) is 17.4 Å². The highest BCUT2D eigenvalue weighted by atomic mass is 16.1. The van der Waals surface area contributed by atoms with Crippen molar-refractivity contribution in [2.24, 2.45) is 0 Å². The lowest BCUT2D eigenvalue weighted by Gasteiger charge is -2.13. The van der Waals surface area contributed by atoms with Gasteiger partial charge in [-0.05, 0) is 35.9 Å². The summed E-state index contributed by atoms with van der Waals surface area (Å²) in [5.74, 6) is -0.0755. The topological polar surface area (TPSA) is 61.0 Å². The molecule has 0 saturated carbocycles. The Bertz CT molecular complexity index is 807. The number of amides is 1. The monoisotopic (exact) mass is 294 g/mol. The predicted octanol–water partition coefficient (Wildman–Crippen LogP) is 2.56. The molecule has 0 fully saturated rings. The third kappa shape index (κ3) is 2.93. The Morgan fingerprint density at radius 2 is 2.09 bits per heavy atom. The first-order valence-corrected chi connectivity index (χ1v) is 7.11. The van der Waals surface area contributed by atoms with Crippen molar-refractivity contribution < 1.29 is 4.79 Å². The number of rotatable bonds is 4. The molecular weight excluding hydrogens is 276 g/mol. The maximum atomic E-state index is 12.3. The number of nitrogens with zero attached hydrogens (tertiary/aromatic N) is 2. The molecule has 5 heteroatoms. The van der Waals surface area contributed by atoms with Gasteiger partial charge in [-0.1, -0.05) is 12.1 Å². The molecule has 0 radical (unpaired) electrons. The summed E-state index contributed by atoms with van der Waals surface area (Å²) in [4.78, 5) is 21.5. The molecule has 1 aromatic heterocycles. The van der Waals surface area contributed by atoms with Crippen LogP contribution in [0.2, 0.25) is 0 Å². The Morgan fingerprint density at radius 3 is 2.91 bits per heavy atom. The molecule has 3 aromatic rings. The molecule has 2 aromatic carbocycles. The van der Waals surface area contributed by atoms with E-state index in [0.29, 0.717) is 12.1 Å². The minimum Gasteiger partial charge on any atom is -0.378 e. The number of carbonyl (C=O) groups excluding carboxylic acids is 1. The summed E-state index contributed by atoms with van der Waals surface area (Å²) in [6, 6.07) is 13.5. The number of hydrogen-bond donors (Lipinski definition) is 2. The van der Waals surface area contributed by atoms with E-state index >= 15 is 0 Å². The van der Waals surface area contributed by atoms with Gasteiger partial charge >= 0.3 is 0 Å². The van der Waals surface area contributed by atoms with Crippen molar-refractivity contribution in [1.29, 1.82) is 0 Å². The van der Waals surface area contributed by atoms with Crippen LogP contribution in [-0.4, -0.2) is 30.0 Å². The molecular formula is C17H18N4O. The fraction of sp³-hybridized carbons (Fsp3) is 0.176. The van der Waals surface area contributed by atoms with Crippen LogP contribution in [0.1, 0.15) is 15.9 Å². The van der Waals surface area contributed by atoms with E-state index in [1.807, 2.05) is 61.5 Å². The average Bonchev–Trinajstić information content (AvgIpc) is 3.00. The molecule has 22 heavy (non-hydrogen) atoms. The summed E-state index contributed by atoms with van der Waals surface area (Å²) in [5.41, 5.74) is 4.60. The van der Waals surface area contributed by atoms with Gasteiger partial charge in [-0.3, -0.25) is 4.79 Å². The van der Waals surface area contributed by atoms with Crippen molar-refractivity contribution in [2.75, 3.05) is 19.0 Å². The first-order chi connectivity index (χ1) is 10.6. The molecule has 3 rings (SSSR count). The Kier molecular flexibility index (Phi) is 3.78. The number of H-pyrrole nitrogens is 1. The van der Waals surface area contributed by atoms with Crippen molar-refractivity contribution in [3.8, 4) is 0 Å². The largest absolute Gasteiger partial charge is 0.378 e. The van der Waals surface area contributed by atoms with Gasteiger partial charge in [0.25, 0.3) is 5.91 Å². The molecule has 1 heterocycles. The molecule has 0 saturated heterocycles. The minimum absolute atomic E-state index is 0.0755. The first kappa shape index (κ1) is 14.1. The zero-order chi connectivity index (χ0) is 15.5. The van der Waals surface area contributed by atoms with Crippen LogP contribution in [0.15, 0.2) is 48.8 Å². The lowest BCUT2D eigenvalue weighted by molar-refractivity contribution is 0.0951. The number of fused-ring (bicyclic) bond motifs is 1. The van der Waals surface area contributed by atoms with Gasteiger partial charge in [-0.2, -0.15) is 0 Å². The molecule has 112 valence electrons. The molecule has 0 unspecified atom stereocenters. The zero-order valence-corrected chi connectivity index (χ0v) is 12.6. The lowest BCUT2D eigenvalue weighted by Crippen LogP contribution is -2.23. The van der Waals surface area contributed by atoms with Crippen molar-refractivity contribution in [3.63, 3.8) is 0 Å². The SMILES string of the molecule is CN(C)c1cccc(C(=O)NCc2ccc3nc[nH]c3c2)c1. The third-order valence-corrected chi connectivity index (χ3v) is 3.56. The Morgan fingerprint density at radius 1 is 1.23 bits per heavy atom. The van der Waals surface area contributed by atoms with E-state index in [1.54, 1.807) is 6.33 Å². The number of imidazole rings is 1. The molecule has 0 spiro atoms. The van der Waals surface area contributed by atoms with Gasteiger partial charge in [0.15, 0.2) is 0 Å². The minimum atomic E-state index is -0.0755. The number of hydrogen-bond acceptors (Lipinski definition) is 3. The van der Waals surface area contributed by atoms with Crippen LogP contribution in [0.25, 0.3) is 11.0 Å². The number of benzene rings is 2. The van der Waals surface area contributed by atoms with E-state index < -0.39 is 0 Å². The summed E-state index contributed by atoms with van der Waals surface area (Å²) in [6.07, 6.45) is 1.67. The molecule has 0 aliphatic heterocycles. The number of aromatic amines is 1. The van der Waals surface area contributed by atoms with Crippen LogP contribution in [-0.2, 0) is 6.54 Å². The van der Waals surface area contributed by atoms with Crippen LogP contribution in [0.5, 0.6) is 0 Å². The van der Waals surface area contributed by atoms with Gasteiger partial charge in [0, 0.05) is 31.9 Å². The number of anilines is 1. The van der Waals surface area contributed by atoms with Crippen LogP contribution in [0, 0.1) is 0 Å². The molecule has 0 aliphatic rings. The van der Waals surface area contributed by atoms with Crippen molar-refractivity contribution in [3.05, 3.63) is 59.9 Å². The lowest BCUT2D eigenvalue weighted by atomic mass is 10.1. The Labute approximate surface area is 129 Å². The summed E-state index contributed by atoms with van der Waals surface area (Å²) < 4.78 is 0. The highest BCUT2D eigenvalue weighted by Gasteiger charge is 2.07. The molecule has 2 N–H and O–H groups in total. The molecule has 5 nitrogen and oxygen atoms in total. The fourth-order valence-electron chi connectivity index (χ4n) is 2.30. The maximum absolute atomic E-state index is 12.3. The third-order valence-electron chi connectivity index (χ3n) is 3.56. The second-order valence-electron chi connectivity index (χ2n) is 5.38. The molecule has 0 aliphatic carbocycles. The van der Waals surface area contributed by atoms with E-state index in [-0.39, 0.29) is 5.91 Å². The second kappa shape index (κ2) is 5.89. The summed E-state index contributed by atoms with van der Waals surface area (Å²) in [6.45, 7) is 0.486. The Balaban J connectivity index is 1.70. The highest BCUT2D eigenvalue weighted by Crippen LogP contribution is 2.14. The molecule has 0 atom stereocenters. The van der Waals surface area contributed by atoms with Gasteiger partial charge in [0.1, 0.15) is 0 Å². The van der Waals surface area contributed by atoms with Gasteiger partial charge in [-0.25, -0.2) is 4.98 Å². The number of aromatic nitrogens is 2. The normalized spacial score (nSPS) is 10.6. The van der Waals surface area contributed by atoms with Crippen molar-refractivity contribution in [2.45, 2.75) is 6.54 Å². The summed E-state index contributed by atoms with van der Waals surface area (Å²) >= 11 is 0. The fourth-order valence-corrected chi connectivity index (χ4v) is 2.30. The smallest absolute Gasteiger partial charge is 0.251 e. The van der Waals surface area contributed by atoms with Crippen LogP contribution in [0.3, 0.4) is 0 Å². The molecule has 1 amide bonds. The summed E-state index contributed by atoms with van der Waals surface area (Å²) in [5, 5.41) is 2.95. The maximum Gasteiger partial charge on any atom is 0.251 e. The average molecular weight is 294 g/mol. The molecule has 0 bridgehead atoms. The van der Waals surface area contributed by atoms with Crippen LogP contribution < -0.4 is 10.2 Å². The van der Waals surface area contributed by atoms with Gasteiger partial charge < -0.3 is 15.2 Å². The predicted molar refractivity (Wildman–Crippen MR) is 88.0 cm³/mol. The van der Waals surface area contributed by atoms with E-state index in [0.717, 1.165) is 22.3 Å². The number of nitrogens with one attached hydrogen (secondary N) is 2. The van der Waals surface area contributed by atoms with E-state index in [1.165, 1.54) is 0 Å². The van der Waals surface area contributed by atoms with Gasteiger partial charge in [-0.15, -0.1) is 0 Å². The highest BCUT2D eigenvalue weighted by molar-refractivity contribution is 5.95. The summed E-state index contributed by atoms with van der Waals surface area (Å²) in [7, 11) is 3.91. The first-order valence-electron chi connectivity index (χ1n) is 7.11. The van der Waals surface area contributed by atoms with Crippen molar-refractivity contribution in [1.82, 2.24) is 15.3 Å². The van der Waals surface area contributed by atoms with E-state index in [2.05, 4.69) is 15.3 Å². The quantitative estimate of drug-likeness (QED) is 0.777. The van der Waals surface area contributed by atoms with Crippen LogP contribution in [0.4, 0.5) is 5.69 Å². The zero-order valence-electron chi connectivity index (χ0n) is 12.6. The van der Waals surface area contributed by atoms with Crippen molar-refractivity contribution >= 4 is 22.6 Å². The number of carbonyl (C=O) groups is 1. The van der Waals surface area contributed by atoms with E-state index in [4.69, 9.17) is 0 Å². The standard InChI is InChI=1S/C17H18N4O/c1-21(2)14-5-3-4-13(9-14)17(22)18-10-12-6-7-15-16(8-12)20-11-19-15/h3-9,11H,10H2,1-2H3,(H,18,22)(H,19,20). The van der Waals surface area contributed by atoms with E-state index in [9.17, 15) is 4.79 Å². The van der Waals surface area contributed by atoms with Crippen LogP contribution >= 0.6 is 0 Å². The Hall–Kier alpha value is -2.82.